The van der Waals surface area contributed by atoms with E-state index in [0.29, 0.717) is 11.6 Å². The summed E-state index contributed by atoms with van der Waals surface area (Å²) in [5.41, 5.74) is 1.11. The number of hydrogen-bond donors (Lipinski definition) is 2. The van der Waals surface area contributed by atoms with E-state index >= 15 is 0 Å². The third-order valence-electron chi connectivity index (χ3n) is 4.84. The zero-order chi connectivity index (χ0) is 14.9. The van der Waals surface area contributed by atoms with Gasteiger partial charge in [-0.2, -0.15) is 0 Å². The highest BCUT2D eigenvalue weighted by Gasteiger charge is 2.57. The monoisotopic (exact) mass is 308 g/mol. The van der Waals surface area contributed by atoms with Crippen LogP contribution in [0.2, 0.25) is 5.02 Å². The van der Waals surface area contributed by atoms with Crippen LogP contribution >= 0.6 is 11.6 Å². The topological polar surface area (TPSA) is 50.4 Å². The molecule has 1 amide bonds. The van der Waals surface area contributed by atoms with Gasteiger partial charge in [-0.3, -0.25) is 4.79 Å². The molecule has 1 aliphatic heterocycles. The zero-order valence-electron chi connectivity index (χ0n) is 12.2. The van der Waals surface area contributed by atoms with Gasteiger partial charge in [-0.15, -0.1) is 0 Å². The highest BCUT2D eigenvalue weighted by Crippen LogP contribution is 2.58. The van der Waals surface area contributed by atoms with E-state index in [2.05, 4.69) is 10.6 Å². The molecule has 2 N–H and O–H groups in total. The summed E-state index contributed by atoms with van der Waals surface area (Å²) in [5, 5.41) is 7.01. The minimum atomic E-state index is 0.152. The van der Waals surface area contributed by atoms with Crippen LogP contribution in [-0.2, 0) is 11.3 Å². The van der Waals surface area contributed by atoms with Crippen molar-refractivity contribution in [3.63, 3.8) is 0 Å². The van der Waals surface area contributed by atoms with Gasteiger partial charge in [0.25, 0.3) is 0 Å². The predicted octanol–water partition coefficient (Wildman–Crippen LogP) is 2.35. The number of hydrogen-bond acceptors (Lipinski definition) is 3. The van der Waals surface area contributed by atoms with Crippen molar-refractivity contribution >= 4 is 17.5 Å². The number of ether oxygens (including phenoxy) is 1. The van der Waals surface area contributed by atoms with Crippen molar-refractivity contribution in [2.45, 2.75) is 25.8 Å². The smallest absolute Gasteiger partial charge is 0.223 e. The van der Waals surface area contributed by atoms with Gasteiger partial charge in [0.1, 0.15) is 5.75 Å². The van der Waals surface area contributed by atoms with Crippen LogP contribution in [0.1, 0.15) is 24.8 Å². The Balaban J connectivity index is 1.60. The lowest BCUT2D eigenvalue weighted by Crippen LogP contribution is -2.33. The van der Waals surface area contributed by atoms with Crippen LogP contribution in [0.4, 0.5) is 0 Å². The van der Waals surface area contributed by atoms with Gasteiger partial charge in [0, 0.05) is 23.0 Å². The maximum Gasteiger partial charge on any atom is 0.223 e. The Labute approximate surface area is 130 Å². The van der Waals surface area contributed by atoms with E-state index in [9.17, 15) is 4.79 Å². The minimum absolute atomic E-state index is 0.152. The van der Waals surface area contributed by atoms with Gasteiger partial charge in [0.2, 0.25) is 5.91 Å². The maximum absolute atomic E-state index is 12.3. The predicted molar refractivity (Wildman–Crippen MR) is 82.5 cm³/mol. The molecule has 1 atom stereocenters. The molecule has 2 aliphatic rings. The van der Waals surface area contributed by atoms with Crippen LogP contribution in [0.3, 0.4) is 0 Å². The van der Waals surface area contributed by atoms with Crippen molar-refractivity contribution in [1.29, 1.82) is 0 Å². The number of nitrogens with one attached hydrogen (secondary N) is 2. The molecule has 4 nitrogen and oxygen atoms in total. The molecule has 1 saturated carbocycles. The van der Waals surface area contributed by atoms with Crippen molar-refractivity contribution in [3.05, 3.63) is 28.8 Å². The van der Waals surface area contributed by atoms with E-state index in [-0.39, 0.29) is 17.2 Å². The van der Waals surface area contributed by atoms with Crippen LogP contribution in [0, 0.1) is 11.3 Å². The molecule has 21 heavy (non-hydrogen) atoms. The second-order valence-electron chi connectivity index (χ2n) is 6.01. The average molecular weight is 309 g/mol. The highest BCUT2D eigenvalue weighted by molar-refractivity contribution is 6.31. The molecule has 114 valence electrons. The van der Waals surface area contributed by atoms with Crippen molar-refractivity contribution < 1.29 is 9.53 Å². The van der Waals surface area contributed by atoms with Crippen molar-refractivity contribution in [1.82, 2.24) is 10.6 Å². The van der Waals surface area contributed by atoms with Gasteiger partial charge < -0.3 is 15.4 Å². The van der Waals surface area contributed by atoms with Crippen LogP contribution in [0.25, 0.3) is 0 Å². The first-order valence-electron chi connectivity index (χ1n) is 7.46. The molecule has 1 aromatic carbocycles. The Hall–Kier alpha value is -1.26. The van der Waals surface area contributed by atoms with E-state index in [1.54, 1.807) is 7.11 Å². The first-order valence-corrected chi connectivity index (χ1v) is 7.84. The molecule has 1 heterocycles. The first-order chi connectivity index (χ1) is 10.2. The average Bonchev–Trinajstić information content (AvgIpc) is 3.19. The number of methoxy groups -OCH3 is 1. The highest BCUT2D eigenvalue weighted by atomic mass is 35.5. The van der Waals surface area contributed by atoms with Gasteiger partial charge in [-0.05, 0) is 49.9 Å². The number of rotatable bonds is 4. The van der Waals surface area contributed by atoms with E-state index < -0.39 is 0 Å². The second kappa shape index (κ2) is 5.85. The SMILES string of the molecule is COc1cccc(Cl)c1CNC(=O)C1CC12CCNCC2. The molecule has 1 aliphatic carbocycles. The molecule has 3 rings (SSSR count). The molecule has 2 fully saturated rings. The lowest BCUT2D eigenvalue weighted by molar-refractivity contribution is -0.123. The first kappa shape index (κ1) is 14.7. The summed E-state index contributed by atoms with van der Waals surface area (Å²) in [5.74, 6) is 1.04. The standard InChI is InChI=1S/C16H21ClN2O2/c1-21-14-4-2-3-13(17)11(14)10-19-15(20)12-9-16(12)5-7-18-8-6-16/h2-4,12,18H,5-10H2,1H3,(H,19,20). The molecule has 1 aromatic rings. The lowest BCUT2D eigenvalue weighted by atomic mass is 9.92. The van der Waals surface area contributed by atoms with Crippen molar-refractivity contribution in [2.24, 2.45) is 11.3 Å². The van der Waals surface area contributed by atoms with Crippen LogP contribution in [-0.4, -0.2) is 26.1 Å². The third-order valence-corrected chi connectivity index (χ3v) is 5.19. The third kappa shape index (κ3) is 2.87. The number of carbonyl (C=O) groups is 1. The summed E-state index contributed by atoms with van der Waals surface area (Å²) in [6, 6.07) is 5.52. The van der Waals surface area contributed by atoms with E-state index in [4.69, 9.17) is 16.3 Å². The van der Waals surface area contributed by atoms with Crippen LogP contribution < -0.4 is 15.4 Å². The van der Waals surface area contributed by atoms with Gasteiger partial charge in [0.05, 0.1) is 7.11 Å². The Kier molecular flexibility index (Phi) is 4.09. The fraction of sp³-hybridized carbons (Fsp3) is 0.562. The lowest BCUT2D eigenvalue weighted by Gasteiger charge is -2.23. The number of amides is 1. The van der Waals surface area contributed by atoms with Gasteiger partial charge in [0.15, 0.2) is 0 Å². The molecule has 1 saturated heterocycles. The Morgan fingerprint density at radius 3 is 2.95 bits per heavy atom. The number of piperidine rings is 1. The molecule has 1 spiro atoms. The van der Waals surface area contributed by atoms with E-state index in [1.165, 1.54) is 0 Å². The quantitative estimate of drug-likeness (QED) is 0.898. The summed E-state index contributed by atoms with van der Waals surface area (Å²) in [6.07, 6.45) is 3.25. The van der Waals surface area contributed by atoms with Gasteiger partial charge in [-0.1, -0.05) is 17.7 Å². The fourth-order valence-corrected chi connectivity index (χ4v) is 3.63. The van der Waals surface area contributed by atoms with Crippen LogP contribution in [0.5, 0.6) is 5.75 Å². The second-order valence-corrected chi connectivity index (χ2v) is 6.41. The molecular formula is C16H21ClN2O2. The zero-order valence-corrected chi connectivity index (χ0v) is 13.0. The van der Waals surface area contributed by atoms with Gasteiger partial charge >= 0.3 is 0 Å². The number of carbonyl (C=O) groups excluding carboxylic acids is 1. The summed E-state index contributed by atoms with van der Waals surface area (Å²) >= 11 is 6.19. The normalized spacial score (nSPS) is 22.9. The van der Waals surface area contributed by atoms with Crippen molar-refractivity contribution in [3.8, 4) is 5.75 Å². The summed E-state index contributed by atoms with van der Waals surface area (Å²) in [4.78, 5) is 12.3. The molecule has 5 heteroatoms. The fourth-order valence-electron chi connectivity index (χ4n) is 3.40. The summed E-state index contributed by atoms with van der Waals surface area (Å²) in [7, 11) is 1.61. The largest absolute Gasteiger partial charge is 0.496 e. The summed E-state index contributed by atoms with van der Waals surface area (Å²) < 4.78 is 5.30. The van der Waals surface area contributed by atoms with Gasteiger partial charge in [-0.25, -0.2) is 0 Å². The van der Waals surface area contributed by atoms with E-state index in [1.807, 2.05) is 18.2 Å². The Morgan fingerprint density at radius 1 is 1.48 bits per heavy atom. The maximum atomic E-state index is 12.3. The molecule has 0 radical (unpaired) electrons. The minimum Gasteiger partial charge on any atom is -0.496 e. The Bertz CT molecular complexity index is 541. The molecule has 0 aromatic heterocycles. The summed E-state index contributed by atoms with van der Waals surface area (Å²) in [6.45, 7) is 2.48. The van der Waals surface area contributed by atoms with Crippen LogP contribution in [0.15, 0.2) is 18.2 Å². The number of benzene rings is 1. The van der Waals surface area contributed by atoms with E-state index in [0.717, 1.165) is 43.7 Å². The molecule has 0 bridgehead atoms. The molecule has 1 unspecified atom stereocenters. The Morgan fingerprint density at radius 2 is 2.24 bits per heavy atom. The number of halogens is 1. The van der Waals surface area contributed by atoms with Crippen molar-refractivity contribution in [2.75, 3.05) is 20.2 Å². The molecular weight excluding hydrogens is 288 g/mol.